The van der Waals surface area contributed by atoms with E-state index in [1.54, 1.807) is 35.5 Å². The second-order valence-corrected chi connectivity index (χ2v) is 4.77. The van der Waals surface area contributed by atoms with E-state index in [2.05, 4.69) is 9.97 Å². The van der Waals surface area contributed by atoms with Gasteiger partial charge >= 0.3 is 0 Å². The standard InChI is InChI=1S/C9H9N3S2/c10-5-7-1-2-11-6-8(7)14-9-12-3-4-13-9/h1-4,6H,5,10H2. The van der Waals surface area contributed by atoms with Gasteiger partial charge in [-0.25, -0.2) is 4.98 Å². The second-order valence-electron chi connectivity index (χ2n) is 2.59. The van der Waals surface area contributed by atoms with Gasteiger partial charge in [0.2, 0.25) is 0 Å². The van der Waals surface area contributed by atoms with Crippen molar-refractivity contribution in [2.24, 2.45) is 5.73 Å². The number of aromatic nitrogens is 2. The SMILES string of the molecule is NCc1ccncc1Sc1nccs1. The van der Waals surface area contributed by atoms with Crippen LogP contribution >= 0.6 is 23.1 Å². The summed E-state index contributed by atoms with van der Waals surface area (Å²) in [6.45, 7) is 0.538. The quantitative estimate of drug-likeness (QED) is 0.866. The van der Waals surface area contributed by atoms with Crippen LogP contribution in [0.2, 0.25) is 0 Å². The van der Waals surface area contributed by atoms with Crippen LogP contribution in [0.5, 0.6) is 0 Å². The van der Waals surface area contributed by atoms with Gasteiger partial charge in [0.1, 0.15) is 0 Å². The van der Waals surface area contributed by atoms with Gasteiger partial charge < -0.3 is 5.73 Å². The first-order valence-corrected chi connectivity index (χ1v) is 5.80. The smallest absolute Gasteiger partial charge is 0.154 e. The molecule has 5 heteroatoms. The monoisotopic (exact) mass is 223 g/mol. The Hall–Kier alpha value is -0.910. The molecule has 2 aromatic heterocycles. The third kappa shape index (κ3) is 2.12. The number of nitrogens with zero attached hydrogens (tertiary/aromatic N) is 2. The van der Waals surface area contributed by atoms with E-state index in [-0.39, 0.29) is 0 Å². The van der Waals surface area contributed by atoms with E-state index < -0.39 is 0 Å². The Morgan fingerprint density at radius 3 is 3.07 bits per heavy atom. The van der Waals surface area contributed by atoms with E-state index in [9.17, 15) is 0 Å². The van der Waals surface area contributed by atoms with Crippen LogP contribution in [0.25, 0.3) is 0 Å². The highest BCUT2D eigenvalue weighted by Crippen LogP contribution is 2.30. The molecular formula is C9H9N3S2. The zero-order chi connectivity index (χ0) is 9.80. The summed E-state index contributed by atoms with van der Waals surface area (Å²) < 4.78 is 1.02. The lowest BCUT2D eigenvalue weighted by Gasteiger charge is -2.03. The molecule has 0 unspecified atom stereocenters. The third-order valence-corrected chi connectivity index (χ3v) is 3.67. The molecule has 0 aliphatic heterocycles. The maximum atomic E-state index is 5.62. The molecule has 0 saturated carbocycles. The van der Waals surface area contributed by atoms with E-state index in [1.807, 2.05) is 17.6 Å². The summed E-state index contributed by atoms with van der Waals surface area (Å²) >= 11 is 3.23. The number of hydrogen-bond donors (Lipinski definition) is 1. The van der Waals surface area contributed by atoms with Crippen LogP contribution in [0.4, 0.5) is 0 Å². The molecule has 3 nitrogen and oxygen atoms in total. The Morgan fingerprint density at radius 2 is 2.36 bits per heavy atom. The molecule has 0 amide bonds. The van der Waals surface area contributed by atoms with Gasteiger partial charge in [-0.15, -0.1) is 11.3 Å². The molecule has 0 spiro atoms. The van der Waals surface area contributed by atoms with Crippen molar-refractivity contribution in [3.05, 3.63) is 35.6 Å². The summed E-state index contributed by atoms with van der Waals surface area (Å²) in [5, 5.41) is 1.96. The van der Waals surface area contributed by atoms with Gasteiger partial charge in [-0.1, -0.05) is 11.8 Å². The van der Waals surface area contributed by atoms with Crippen molar-refractivity contribution in [1.29, 1.82) is 0 Å². The maximum absolute atomic E-state index is 5.62. The Labute approximate surface area is 90.4 Å². The lowest BCUT2D eigenvalue weighted by atomic mass is 10.3. The molecule has 0 aliphatic rings. The number of pyridine rings is 1. The normalized spacial score (nSPS) is 10.4. The molecule has 2 N–H and O–H groups in total. The molecule has 2 rings (SSSR count). The predicted octanol–water partition coefficient (Wildman–Crippen LogP) is 2.15. The number of hydrogen-bond acceptors (Lipinski definition) is 5. The van der Waals surface area contributed by atoms with Crippen molar-refractivity contribution in [3.63, 3.8) is 0 Å². The maximum Gasteiger partial charge on any atom is 0.154 e. The average Bonchev–Trinajstić information content (AvgIpc) is 2.71. The van der Waals surface area contributed by atoms with E-state index in [0.29, 0.717) is 6.54 Å². The highest BCUT2D eigenvalue weighted by molar-refractivity contribution is 8.01. The first kappa shape index (κ1) is 9.64. The Morgan fingerprint density at radius 1 is 1.43 bits per heavy atom. The highest BCUT2D eigenvalue weighted by Gasteiger charge is 2.04. The molecule has 2 heterocycles. The summed E-state index contributed by atoms with van der Waals surface area (Å²) in [5.41, 5.74) is 6.73. The summed E-state index contributed by atoms with van der Waals surface area (Å²) in [6, 6.07) is 1.94. The van der Waals surface area contributed by atoms with Crippen molar-refractivity contribution in [1.82, 2.24) is 9.97 Å². The van der Waals surface area contributed by atoms with E-state index >= 15 is 0 Å². The number of rotatable bonds is 3. The Balaban J connectivity index is 2.24. The van der Waals surface area contributed by atoms with Crippen LogP contribution < -0.4 is 5.73 Å². The molecule has 2 aromatic rings. The van der Waals surface area contributed by atoms with Crippen molar-refractivity contribution < 1.29 is 0 Å². The minimum absolute atomic E-state index is 0.538. The van der Waals surface area contributed by atoms with Crippen LogP contribution in [0, 0.1) is 0 Å². The molecule has 0 fully saturated rings. The first-order valence-electron chi connectivity index (χ1n) is 4.10. The van der Waals surface area contributed by atoms with Crippen LogP contribution in [0.1, 0.15) is 5.56 Å². The zero-order valence-corrected chi connectivity index (χ0v) is 9.02. The van der Waals surface area contributed by atoms with Crippen molar-refractivity contribution in [2.45, 2.75) is 15.8 Å². The highest BCUT2D eigenvalue weighted by atomic mass is 32.2. The van der Waals surface area contributed by atoms with E-state index in [0.717, 1.165) is 14.8 Å². The lowest BCUT2D eigenvalue weighted by Crippen LogP contribution is -1.98. The second kappa shape index (κ2) is 4.54. The minimum Gasteiger partial charge on any atom is -0.326 e. The zero-order valence-electron chi connectivity index (χ0n) is 7.38. The largest absolute Gasteiger partial charge is 0.326 e. The average molecular weight is 223 g/mol. The number of thiazole rings is 1. The number of nitrogens with two attached hydrogens (primary N) is 1. The molecule has 0 radical (unpaired) electrons. The van der Waals surface area contributed by atoms with Gasteiger partial charge in [0, 0.05) is 35.4 Å². The molecule has 0 aliphatic carbocycles. The van der Waals surface area contributed by atoms with Crippen LogP contribution in [-0.2, 0) is 6.54 Å². The van der Waals surface area contributed by atoms with E-state index in [1.165, 1.54) is 0 Å². The molecule has 72 valence electrons. The predicted molar refractivity (Wildman–Crippen MR) is 58.4 cm³/mol. The molecule has 0 aromatic carbocycles. The third-order valence-electron chi connectivity index (χ3n) is 1.70. The van der Waals surface area contributed by atoms with E-state index in [4.69, 9.17) is 5.73 Å². The fraction of sp³-hybridized carbons (Fsp3) is 0.111. The van der Waals surface area contributed by atoms with Gasteiger partial charge in [-0.3, -0.25) is 4.98 Å². The van der Waals surface area contributed by atoms with Gasteiger partial charge in [0.05, 0.1) is 0 Å². The summed E-state index contributed by atoms with van der Waals surface area (Å²) in [5.74, 6) is 0. The Bertz CT molecular complexity index is 400. The van der Waals surface area contributed by atoms with Crippen molar-refractivity contribution in [2.75, 3.05) is 0 Å². The van der Waals surface area contributed by atoms with Gasteiger partial charge in [0.25, 0.3) is 0 Å². The molecule has 0 bridgehead atoms. The summed E-state index contributed by atoms with van der Waals surface area (Å²) in [4.78, 5) is 9.36. The van der Waals surface area contributed by atoms with Crippen molar-refractivity contribution in [3.8, 4) is 0 Å². The van der Waals surface area contributed by atoms with Gasteiger partial charge in [-0.2, -0.15) is 0 Å². The fourth-order valence-corrected chi connectivity index (χ4v) is 2.71. The molecule has 14 heavy (non-hydrogen) atoms. The first-order chi connectivity index (χ1) is 6.90. The van der Waals surface area contributed by atoms with Crippen LogP contribution in [0.3, 0.4) is 0 Å². The fourth-order valence-electron chi connectivity index (χ4n) is 1.02. The van der Waals surface area contributed by atoms with Crippen LogP contribution in [-0.4, -0.2) is 9.97 Å². The topological polar surface area (TPSA) is 51.8 Å². The lowest BCUT2D eigenvalue weighted by molar-refractivity contribution is 1.00. The molecular weight excluding hydrogens is 214 g/mol. The van der Waals surface area contributed by atoms with Gasteiger partial charge in [-0.05, 0) is 11.6 Å². The molecule has 0 atom stereocenters. The summed E-state index contributed by atoms with van der Waals surface area (Å²) in [6.07, 6.45) is 5.38. The Kier molecular flexibility index (Phi) is 3.13. The minimum atomic E-state index is 0.538. The van der Waals surface area contributed by atoms with Gasteiger partial charge in [0.15, 0.2) is 4.34 Å². The van der Waals surface area contributed by atoms with Crippen molar-refractivity contribution >= 4 is 23.1 Å². The molecule has 0 saturated heterocycles. The van der Waals surface area contributed by atoms with Crippen LogP contribution in [0.15, 0.2) is 39.3 Å². The summed E-state index contributed by atoms with van der Waals surface area (Å²) in [7, 11) is 0.